The summed E-state index contributed by atoms with van der Waals surface area (Å²) in [6.07, 6.45) is 12.5. The zero-order valence-electron chi connectivity index (χ0n) is 14.1. The number of aromatic nitrogens is 4. The lowest BCUT2D eigenvalue weighted by Gasteiger charge is -2.04. The van der Waals surface area contributed by atoms with E-state index in [1.165, 1.54) is 21.9 Å². The first kappa shape index (κ1) is 14.7. The van der Waals surface area contributed by atoms with Gasteiger partial charge in [-0.25, -0.2) is 18.3 Å². The molecule has 24 heavy (non-hydrogen) atoms. The fraction of sp³-hybridized carbons (Fsp3) is 0.200. The van der Waals surface area contributed by atoms with Crippen LogP contribution in [0, 0.1) is 0 Å². The van der Waals surface area contributed by atoms with Crippen LogP contribution < -0.4 is 9.13 Å². The Morgan fingerprint density at radius 3 is 1.54 bits per heavy atom. The van der Waals surface area contributed by atoms with E-state index < -0.39 is 0 Å². The highest BCUT2D eigenvalue weighted by Gasteiger charge is 2.06. The van der Waals surface area contributed by atoms with Gasteiger partial charge in [0.2, 0.25) is 12.7 Å². The zero-order valence-corrected chi connectivity index (χ0v) is 14.1. The van der Waals surface area contributed by atoms with Crippen molar-refractivity contribution in [2.24, 2.45) is 14.1 Å². The Bertz CT molecular complexity index is 912. The molecule has 4 heteroatoms. The second-order valence-corrected chi connectivity index (χ2v) is 6.52. The van der Waals surface area contributed by atoms with Crippen LogP contribution in [0.15, 0.2) is 73.8 Å². The molecule has 4 rings (SSSR count). The molecule has 0 aliphatic carbocycles. The van der Waals surface area contributed by atoms with Crippen LogP contribution in [0.4, 0.5) is 0 Å². The summed E-state index contributed by atoms with van der Waals surface area (Å²) in [4.78, 5) is 0. The number of nitrogens with zero attached hydrogens (tertiary/aromatic N) is 4. The van der Waals surface area contributed by atoms with Crippen molar-refractivity contribution in [3.8, 4) is 0 Å². The van der Waals surface area contributed by atoms with Crippen molar-refractivity contribution in [3.63, 3.8) is 0 Å². The Morgan fingerprint density at radius 2 is 1.17 bits per heavy atom. The molecule has 4 aromatic rings. The van der Waals surface area contributed by atoms with E-state index in [0.29, 0.717) is 0 Å². The lowest BCUT2D eigenvalue weighted by atomic mass is 10.0. The highest BCUT2D eigenvalue weighted by atomic mass is 15.1. The van der Waals surface area contributed by atoms with Gasteiger partial charge >= 0.3 is 0 Å². The highest BCUT2D eigenvalue weighted by Crippen LogP contribution is 2.19. The third-order valence-electron chi connectivity index (χ3n) is 4.35. The lowest BCUT2D eigenvalue weighted by Crippen LogP contribution is -2.23. The van der Waals surface area contributed by atoms with Gasteiger partial charge in [-0.15, -0.1) is 0 Å². The molecule has 0 amide bonds. The van der Waals surface area contributed by atoms with Crippen LogP contribution in [0.25, 0.3) is 10.8 Å². The summed E-state index contributed by atoms with van der Waals surface area (Å²) in [5, 5.41) is 2.59. The van der Waals surface area contributed by atoms with Gasteiger partial charge in [-0.1, -0.05) is 24.3 Å². The van der Waals surface area contributed by atoms with Crippen LogP contribution in [0.5, 0.6) is 0 Å². The van der Waals surface area contributed by atoms with Gasteiger partial charge in [0.15, 0.2) is 0 Å². The van der Waals surface area contributed by atoms with Crippen molar-refractivity contribution >= 4 is 10.8 Å². The molecule has 0 N–H and O–H groups in total. The molecule has 0 fully saturated rings. The fourth-order valence-corrected chi connectivity index (χ4v) is 3.15. The third kappa shape index (κ3) is 3.08. The molecular formula is C20H22N4+2. The molecule has 2 heterocycles. The van der Waals surface area contributed by atoms with E-state index in [4.69, 9.17) is 0 Å². The Labute approximate surface area is 141 Å². The summed E-state index contributed by atoms with van der Waals surface area (Å²) in [6, 6.07) is 13.5. The van der Waals surface area contributed by atoms with E-state index in [-0.39, 0.29) is 0 Å². The van der Waals surface area contributed by atoms with E-state index in [0.717, 1.165) is 13.1 Å². The maximum absolute atomic E-state index is 2.29. The van der Waals surface area contributed by atoms with Gasteiger partial charge in [-0.05, 0) is 34.0 Å². The van der Waals surface area contributed by atoms with Gasteiger partial charge in [-0.3, -0.25) is 0 Å². The Balaban J connectivity index is 1.58. The van der Waals surface area contributed by atoms with Crippen molar-refractivity contribution in [2.75, 3.05) is 0 Å². The number of rotatable bonds is 4. The van der Waals surface area contributed by atoms with Crippen LogP contribution >= 0.6 is 0 Å². The van der Waals surface area contributed by atoms with Gasteiger partial charge in [0, 0.05) is 0 Å². The van der Waals surface area contributed by atoms with Crippen LogP contribution in [-0.4, -0.2) is 9.13 Å². The normalized spacial score (nSPS) is 11.2. The number of imidazole rings is 2. The molecule has 2 aromatic carbocycles. The first-order chi connectivity index (χ1) is 11.7. The highest BCUT2D eigenvalue weighted by molar-refractivity contribution is 5.83. The Kier molecular flexibility index (Phi) is 3.65. The Morgan fingerprint density at radius 1 is 0.708 bits per heavy atom. The monoisotopic (exact) mass is 318 g/mol. The number of hydrogen-bond acceptors (Lipinski definition) is 0. The van der Waals surface area contributed by atoms with Crippen molar-refractivity contribution in [2.45, 2.75) is 13.1 Å². The summed E-state index contributed by atoms with van der Waals surface area (Å²) in [7, 11) is 4.09. The van der Waals surface area contributed by atoms with Gasteiger partial charge in [0.05, 0.1) is 14.1 Å². The summed E-state index contributed by atoms with van der Waals surface area (Å²) in [5.41, 5.74) is 2.65. The molecule has 120 valence electrons. The van der Waals surface area contributed by atoms with Crippen molar-refractivity contribution in [1.29, 1.82) is 0 Å². The molecule has 0 aliphatic rings. The molecule has 0 radical (unpaired) electrons. The first-order valence-electron chi connectivity index (χ1n) is 8.19. The predicted octanol–water partition coefficient (Wildman–Crippen LogP) is 2.19. The molecule has 0 aliphatic heterocycles. The lowest BCUT2D eigenvalue weighted by molar-refractivity contribution is -0.671. The number of benzene rings is 2. The van der Waals surface area contributed by atoms with Crippen LogP contribution in [0.1, 0.15) is 11.1 Å². The SMILES string of the molecule is C[n+]1ccn(Cc2ccc3cc(Cn4cc[n+](C)c4)ccc3c2)c1. The van der Waals surface area contributed by atoms with Crippen molar-refractivity contribution < 1.29 is 9.13 Å². The minimum atomic E-state index is 0.901. The third-order valence-corrected chi connectivity index (χ3v) is 4.35. The molecular weight excluding hydrogens is 296 g/mol. The summed E-state index contributed by atoms with van der Waals surface area (Å²) >= 11 is 0. The fourth-order valence-electron chi connectivity index (χ4n) is 3.15. The second kappa shape index (κ2) is 5.96. The minimum absolute atomic E-state index is 0.901. The number of fused-ring (bicyclic) bond motifs is 1. The molecule has 0 saturated heterocycles. The van der Waals surface area contributed by atoms with E-state index in [1.54, 1.807) is 0 Å². The van der Waals surface area contributed by atoms with Crippen LogP contribution in [0.3, 0.4) is 0 Å². The second-order valence-electron chi connectivity index (χ2n) is 6.52. The zero-order chi connectivity index (χ0) is 16.5. The number of aryl methyl sites for hydroxylation is 2. The molecule has 0 unspecified atom stereocenters. The number of hydrogen-bond donors (Lipinski definition) is 0. The van der Waals surface area contributed by atoms with Crippen LogP contribution in [0.2, 0.25) is 0 Å². The summed E-state index contributed by atoms with van der Waals surface area (Å²) < 4.78 is 8.52. The average molecular weight is 318 g/mol. The topological polar surface area (TPSA) is 17.6 Å². The van der Waals surface area contributed by atoms with Gasteiger partial charge in [-0.2, -0.15) is 0 Å². The maximum Gasteiger partial charge on any atom is 0.243 e. The van der Waals surface area contributed by atoms with Gasteiger partial charge in [0.25, 0.3) is 0 Å². The van der Waals surface area contributed by atoms with E-state index in [9.17, 15) is 0 Å². The van der Waals surface area contributed by atoms with Gasteiger partial charge in [0.1, 0.15) is 37.9 Å². The van der Waals surface area contributed by atoms with E-state index >= 15 is 0 Å². The molecule has 0 atom stereocenters. The molecule has 0 spiro atoms. The van der Waals surface area contributed by atoms with E-state index in [2.05, 4.69) is 92.1 Å². The summed E-state index contributed by atoms with van der Waals surface area (Å²) in [6.45, 7) is 1.80. The minimum Gasteiger partial charge on any atom is -0.240 e. The predicted molar refractivity (Wildman–Crippen MR) is 93.4 cm³/mol. The quantitative estimate of drug-likeness (QED) is 0.513. The average Bonchev–Trinajstić information content (AvgIpc) is 3.16. The largest absolute Gasteiger partial charge is 0.243 e. The molecule has 0 saturated carbocycles. The van der Waals surface area contributed by atoms with Crippen LogP contribution in [-0.2, 0) is 27.2 Å². The molecule has 4 nitrogen and oxygen atoms in total. The maximum atomic E-state index is 2.29. The van der Waals surface area contributed by atoms with Gasteiger partial charge < -0.3 is 0 Å². The van der Waals surface area contributed by atoms with Crippen molar-refractivity contribution in [3.05, 3.63) is 85.0 Å². The first-order valence-corrected chi connectivity index (χ1v) is 8.19. The van der Waals surface area contributed by atoms with E-state index in [1.807, 2.05) is 14.1 Å². The molecule has 0 bridgehead atoms. The smallest absolute Gasteiger partial charge is 0.240 e. The molecule has 2 aromatic heterocycles. The summed E-state index contributed by atoms with van der Waals surface area (Å²) in [5.74, 6) is 0. The van der Waals surface area contributed by atoms with Crippen molar-refractivity contribution in [1.82, 2.24) is 9.13 Å². The standard InChI is InChI=1S/C20H22N4/c1-21-7-9-23(15-21)13-17-3-5-20-12-18(4-6-19(20)11-17)14-24-10-8-22(2)16-24/h3-12,15-16H,13-14H2,1-2H3/q+2. The Hall–Kier alpha value is -2.88.